The first-order valence-electron chi connectivity index (χ1n) is 7.58. The number of halogens is 1. The van der Waals surface area contributed by atoms with Gasteiger partial charge in [0, 0.05) is 17.2 Å². The van der Waals surface area contributed by atoms with Crippen LogP contribution in [0.4, 0.5) is 0 Å². The molecule has 128 valence electrons. The number of hydrogen-bond donors (Lipinski definition) is 0. The molecule has 0 bridgehead atoms. The lowest BCUT2D eigenvalue weighted by molar-refractivity contribution is -2.00. The van der Waals surface area contributed by atoms with E-state index in [2.05, 4.69) is 79.2 Å². The van der Waals surface area contributed by atoms with E-state index >= 15 is 0 Å². The third-order valence-electron chi connectivity index (χ3n) is 4.15. The number of fused-ring (bicyclic) bond motifs is 4. The van der Waals surface area contributed by atoms with Gasteiger partial charge in [-0.15, -0.1) is 10.2 Å². The average molecular weight is 358 g/mol. The summed E-state index contributed by atoms with van der Waals surface area (Å²) in [4.78, 5) is 0. The van der Waals surface area contributed by atoms with Gasteiger partial charge >= 0.3 is 0 Å². The third-order valence-corrected chi connectivity index (χ3v) is 4.15. The van der Waals surface area contributed by atoms with Gasteiger partial charge in [-0.25, -0.2) is 18.6 Å². The van der Waals surface area contributed by atoms with Gasteiger partial charge in [0.1, 0.15) is 0 Å². The Morgan fingerprint density at radius 3 is 2.12 bits per heavy atom. The molecule has 4 aromatic rings. The lowest BCUT2D eigenvalue weighted by Gasteiger charge is -2.17. The van der Waals surface area contributed by atoms with E-state index in [1.165, 1.54) is 38.2 Å². The van der Waals surface area contributed by atoms with E-state index < -0.39 is 10.2 Å². The first kappa shape index (κ1) is 17.5. The SMILES string of the molecule is Cc1ccc2c(C)c3ccc4ccccc4c3c[n+]2c1.[O-][Cl+3]([O-])([O-])[O-]. The van der Waals surface area contributed by atoms with Crippen LogP contribution in [0.1, 0.15) is 11.1 Å². The first-order valence-corrected chi connectivity index (χ1v) is 8.82. The number of nitrogens with zero attached hydrogens (tertiary/aromatic N) is 1. The minimum absolute atomic E-state index is 1.28. The van der Waals surface area contributed by atoms with Crippen LogP contribution in [-0.2, 0) is 0 Å². The molecule has 2 heterocycles. The van der Waals surface area contributed by atoms with Gasteiger partial charge in [-0.2, -0.15) is 4.40 Å². The smallest absolute Gasteiger partial charge is 0.214 e. The van der Waals surface area contributed by atoms with Crippen molar-refractivity contribution < 1.29 is 33.3 Å². The van der Waals surface area contributed by atoms with Crippen LogP contribution in [0.25, 0.3) is 27.1 Å². The molecule has 0 fully saturated rings. The van der Waals surface area contributed by atoms with Crippen LogP contribution in [-0.4, -0.2) is 0 Å². The fourth-order valence-corrected chi connectivity index (χ4v) is 3.09. The highest BCUT2D eigenvalue weighted by Crippen LogP contribution is 2.27. The molecule has 0 radical (unpaired) electrons. The van der Waals surface area contributed by atoms with E-state index in [4.69, 9.17) is 18.6 Å². The number of benzene rings is 2. The highest BCUT2D eigenvalue weighted by atomic mass is 35.7. The van der Waals surface area contributed by atoms with Gasteiger partial charge in [-0.05, 0) is 36.1 Å². The van der Waals surface area contributed by atoms with Crippen LogP contribution in [0.5, 0.6) is 0 Å². The Morgan fingerprint density at radius 1 is 0.720 bits per heavy atom. The summed E-state index contributed by atoms with van der Waals surface area (Å²) >= 11 is 0. The molecular formula is C19H16ClNO4. The zero-order valence-corrected chi connectivity index (χ0v) is 14.5. The highest BCUT2D eigenvalue weighted by Gasteiger charge is 2.12. The van der Waals surface area contributed by atoms with Crippen molar-refractivity contribution in [2.75, 3.05) is 0 Å². The Hall–Kier alpha value is -2.28. The number of rotatable bonds is 0. The first-order chi connectivity index (χ1) is 11.7. The van der Waals surface area contributed by atoms with E-state index in [1.54, 1.807) is 0 Å². The largest absolute Gasteiger partial charge is 0.222 e. The van der Waals surface area contributed by atoms with Gasteiger partial charge in [0.25, 0.3) is 0 Å². The van der Waals surface area contributed by atoms with Crippen molar-refractivity contribution in [3.05, 3.63) is 72.1 Å². The number of aromatic nitrogens is 1. The Labute approximate surface area is 146 Å². The van der Waals surface area contributed by atoms with Crippen molar-refractivity contribution >= 4 is 27.1 Å². The summed E-state index contributed by atoms with van der Waals surface area (Å²) in [5.74, 6) is 0. The monoisotopic (exact) mass is 357 g/mol. The summed E-state index contributed by atoms with van der Waals surface area (Å²) in [5.41, 5.74) is 3.90. The van der Waals surface area contributed by atoms with Crippen LogP contribution < -0.4 is 23.0 Å². The molecule has 2 aromatic carbocycles. The number of aryl methyl sites for hydroxylation is 2. The summed E-state index contributed by atoms with van der Waals surface area (Å²) in [6.45, 7) is 4.34. The van der Waals surface area contributed by atoms with Gasteiger partial charge in [0.15, 0.2) is 12.4 Å². The second-order valence-corrected chi connectivity index (χ2v) is 6.63. The maximum atomic E-state index is 8.49. The van der Waals surface area contributed by atoms with Crippen molar-refractivity contribution in [1.82, 2.24) is 0 Å². The zero-order valence-electron chi connectivity index (χ0n) is 13.7. The summed E-state index contributed by atoms with van der Waals surface area (Å²) in [6.07, 6.45) is 4.45. The van der Waals surface area contributed by atoms with Crippen LogP contribution >= 0.6 is 0 Å². The van der Waals surface area contributed by atoms with Gasteiger partial charge in [0.05, 0.1) is 5.39 Å². The second kappa shape index (κ2) is 6.55. The summed E-state index contributed by atoms with van der Waals surface area (Å²) in [6, 6.07) is 17.4. The number of hydrogen-bond acceptors (Lipinski definition) is 4. The van der Waals surface area contributed by atoms with Crippen molar-refractivity contribution in [3.63, 3.8) is 0 Å². The predicted molar refractivity (Wildman–Crippen MR) is 84.1 cm³/mol. The fourth-order valence-electron chi connectivity index (χ4n) is 3.09. The Balaban J connectivity index is 0.000000324. The van der Waals surface area contributed by atoms with Crippen LogP contribution in [0.2, 0.25) is 0 Å². The molecule has 0 atom stereocenters. The zero-order chi connectivity index (χ0) is 18.2. The molecule has 0 saturated heterocycles. The molecule has 2 aromatic heterocycles. The van der Waals surface area contributed by atoms with E-state index in [0.29, 0.717) is 0 Å². The van der Waals surface area contributed by atoms with Crippen molar-refractivity contribution in [3.8, 4) is 0 Å². The molecule has 0 unspecified atom stereocenters. The van der Waals surface area contributed by atoms with E-state index in [1.807, 2.05) is 0 Å². The van der Waals surface area contributed by atoms with Crippen molar-refractivity contribution in [1.29, 1.82) is 0 Å². The summed E-state index contributed by atoms with van der Waals surface area (Å²) in [5, 5.41) is 5.28. The summed E-state index contributed by atoms with van der Waals surface area (Å²) < 4.78 is 36.2. The molecule has 0 amide bonds. The predicted octanol–water partition coefficient (Wildman–Crippen LogP) is -0.407. The van der Waals surface area contributed by atoms with E-state index in [-0.39, 0.29) is 0 Å². The molecule has 0 saturated carbocycles. The van der Waals surface area contributed by atoms with E-state index in [0.717, 1.165) is 0 Å². The van der Waals surface area contributed by atoms with Gasteiger partial charge in [-0.1, -0.05) is 36.4 Å². The lowest BCUT2D eigenvalue weighted by Crippen LogP contribution is -2.68. The molecule has 5 nitrogen and oxygen atoms in total. The van der Waals surface area contributed by atoms with Gasteiger partial charge < -0.3 is 0 Å². The maximum Gasteiger partial charge on any atom is 0.214 e. The maximum absolute atomic E-state index is 8.49. The Bertz CT molecular complexity index is 1070. The summed E-state index contributed by atoms with van der Waals surface area (Å²) in [7, 11) is -4.94. The molecule has 0 aliphatic heterocycles. The topological polar surface area (TPSA) is 96.3 Å². The fraction of sp³-hybridized carbons (Fsp3) is 0.105. The standard InChI is InChI=1S/C19H16N.ClHO4/c1-13-7-10-19-14(2)16-9-8-15-5-3-4-6-17(15)18(16)12-20(19)11-13;2-1(3,4)5/h3-12H,1-2H3;(H,2,3,4,5)/q+1;/p-1. The van der Waals surface area contributed by atoms with Crippen LogP contribution in [0, 0.1) is 24.1 Å². The minimum atomic E-state index is -4.94. The molecule has 6 heteroatoms. The normalized spacial score (nSPS) is 11.6. The second-order valence-electron chi connectivity index (χ2n) is 5.88. The van der Waals surface area contributed by atoms with Crippen molar-refractivity contribution in [2.45, 2.75) is 13.8 Å². The molecule has 0 N–H and O–H groups in total. The minimum Gasteiger partial charge on any atom is -0.222 e. The molecule has 4 rings (SSSR count). The Morgan fingerprint density at radius 2 is 1.40 bits per heavy atom. The third kappa shape index (κ3) is 3.87. The molecule has 0 spiro atoms. The quantitative estimate of drug-likeness (QED) is 0.243. The number of pyridine rings is 2. The lowest BCUT2D eigenvalue weighted by atomic mass is 10.00. The highest BCUT2D eigenvalue weighted by molar-refractivity contribution is 6.08. The molecule has 0 aliphatic rings. The van der Waals surface area contributed by atoms with Crippen LogP contribution in [0.3, 0.4) is 0 Å². The average Bonchev–Trinajstić information content (AvgIpc) is 2.53. The van der Waals surface area contributed by atoms with Gasteiger partial charge in [-0.3, -0.25) is 0 Å². The van der Waals surface area contributed by atoms with Gasteiger partial charge in [0.2, 0.25) is 5.52 Å². The molecular weight excluding hydrogens is 342 g/mol. The van der Waals surface area contributed by atoms with Crippen molar-refractivity contribution in [2.24, 2.45) is 0 Å². The Kier molecular flexibility index (Phi) is 4.60. The van der Waals surface area contributed by atoms with E-state index in [9.17, 15) is 0 Å². The molecule has 25 heavy (non-hydrogen) atoms. The van der Waals surface area contributed by atoms with Crippen LogP contribution in [0.15, 0.2) is 60.9 Å². The molecule has 0 aliphatic carbocycles.